The lowest BCUT2D eigenvalue weighted by atomic mass is 9.96. The first-order chi connectivity index (χ1) is 13.7. The molecule has 1 saturated heterocycles. The zero-order chi connectivity index (χ0) is 19.3. The van der Waals surface area contributed by atoms with Crippen LogP contribution in [0.4, 0.5) is 0 Å². The van der Waals surface area contributed by atoms with Gasteiger partial charge in [-0.1, -0.05) is 72.8 Å². The minimum atomic E-state index is 0. The maximum Gasteiger partial charge on any atom is 0.255 e. The van der Waals surface area contributed by atoms with Gasteiger partial charge in [0.1, 0.15) is 0 Å². The van der Waals surface area contributed by atoms with Crippen LogP contribution in [-0.4, -0.2) is 41.9 Å². The van der Waals surface area contributed by atoms with Gasteiger partial charge in [0.25, 0.3) is 5.91 Å². The molecular formula is C24H24BrClN2O. The Morgan fingerprint density at radius 1 is 0.724 bits per heavy atom. The van der Waals surface area contributed by atoms with Crippen LogP contribution in [0.1, 0.15) is 27.5 Å². The Morgan fingerprint density at radius 2 is 1.21 bits per heavy atom. The molecule has 5 heteroatoms. The lowest BCUT2D eigenvalue weighted by Crippen LogP contribution is -2.49. The van der Waals surface area contributed by atoms with Crippen molar-refractivity contribution in [3.05, 3.63) is 106 Å². The van der Waals surface area contributed by atoms with Gasteiger partial charge in [-0.3, -0.25) is 9.69 Å². The molecule has 0 unspecified atom stereocenters. The summed E-state index contributed by atoms with van der Waals surface area (Å²) >= 11 is 3.50. The van der Waals surface area contributed by atoms with Crippen molar-refractivity contribution in [1.82, 2.24) is 9.80 Å². The molecule has 1 aliphatic heterocycles. The normalized spacial score (nSPS) is 14.5. The first-order valence-corrected chi connectivity index (χ1v) is 10.4. The van der Waals surface area contributed by atoms with Crippen LogP contribution in [0, 0.1) is 0 Å². The Morgan fingerprint density at radius 3 is 1.72 bits per heavy atom. The molecule has 3 nitrogen and oxygen atoms in total. The Balaban J connectivity index is 0.00000240. The minimum absolute atomic E-state index is 0. The van der Waals surface area contributed by atoms with Gasteiger partial charge in [0, 0.05) is 30.7 Å². The average Bonchev–Trinajstić information content (AvgIpc) is 2.76. The summed E-state index contributed by atoms with van der Waals surface area (Å²) in [5, 5.41) is 0. The fraction of sp³-hybridized carbons (Fsp3) is 0.208. The van der Waals surface area contributed by atoms with Crippen molar-refractivity contribution in [3.8, 4) is 0 Å². The van der Waals surface area contributed by atoms with Crippen LogP contribution in [0.15, 0.2) is 89.4 Å². The van der Waals surface area contributed by atoms with Crippen LogP contribution in [0.3, 0.4) is 0 Å². The number of piperazine rings is 1. The van der Waals surface area contributed by atoms with Gasteiger partial charge in [0.15, 0.2) is 0 Å². The van der Waals surface area contributed by atoms with Gasteiger partial charge in [-0.25, -0.2) is 0 Å². The number of hydrogen-bond donors (Lipinski definition) is 0. The second kappa shape index (κ2) is 10.1. The quantitative estimate of drug-likeness (QED) is 0.507. The molecule has 150 valence electrons. The van der Waals surface area contributed by atoms with Crippen LogP contribution >= 0.6 is 28.3 Å². The molecule has 3 aromatic carbocycles. The van der Waals surface area contributed by atoms with Gasteiger partial charge in [-0.2, -0.15) is 0 Å². The molecule has 0 saturated carbocycles. The van der Waals surface area contributed by atoms with Crippen molar-refractivity contribution in [2.75, 3.05) is 26.2 Å². The van der Waals surface area contributed by atoms with Gasteiger partial charge in [0.05, 0.1) is 11.6 Å². The number of carbonyl (C=O) groups is 1. The highest BCUT2D eigenvalue weighted by Crippen LogP contribution is 2.30. The molecular weight excluding hydrogens is 448 g/mol. The Hall–Kier alpha value is -2.14. The first kappa shape index (κ1) is 21.6. The zero-order valence-electron chi connectivity index (χ0n) is 16.1. The van der Waals surface area contributed by atoms with Gasteiger partial charge >= 0.3 is 0 Å². The molecule has 4 rings (SSSR count). The van der Waals surface area contributed by atoms with E-state index < -0.39 is 0 Å². The third-order valence-electron chi connectivity index (χ3n) is 5.30. The van der Waals surface area contributed by atoms with Crippen LogP contribution in [0.5, 0.6) is 0 Å². The third kappa shape index (κ3) is 4.89. The van der Waals surface area contributed by atoms with Crippen molar-refractivity contribution in [1.29, 1.82) is 0 Å². The summed E-state index contributed by atoms with van der Waals surface area (Å²) < 4.78 is 0.855. The van der Waals surface area contributed by atoms with Crippen LogP contribution in [-0.2, 0) is 0 Å². The van der Waals surface area contributed by atoms with E-state index in [-0.39, 0.29) is 24.4 Å². The van der Waals surface area contributed by atoms with Crippen molar-refractivity contribution in [2.24, 2.45) is 0 Å². The van der Waals surface area contributed by atoms with Crippen molar-refractivity contribution in [3.63, 3.8) is 0 Å². The number of benzene rings is 3. The molecule has 0 atom stereocenters. The fourth-order valence-corrected chi connectivity index (χ4v) is 4.33. The summed E-state index contributed by atoms with van der Waals surface area (Å²) in [7, 11) is 0. The number of hydrogen-bond acceptors (Lipinski definition) is 2. The molecule has 29 heavy (non-hydrogen) atoms. The van der Waals surface area contributed by atoms with E-state index in [0.29, 0.717) is 0 Å². The number of halogens is 2. The smallest absolute Gasteiger partial charge is 0.255 e. The van der Waals surface area contributed by atoms with E-state index in [2.05, 4.69) is 81.5 Å². The number of amides is 1. The van der Waals surface area contributed by atoms with Gasteiger partial charge in [0.2, 0.25) is 0 Å². The maximum atomic E-state index is 12.9. The van der Waals surface area contributed by atoms with E-state index in [4.69, 9.17) is 0 Å². The van der Waals surface area contributed by atoms with Crippen LogP contribution in [0.25, 0.3) is 0 Å². The van der Waals surface area contributed by atoms with Gasteiger partial charge < -0.3 is 4.90 Å². The predicted molar refractivity (Wildman–Crippen MR) is 124 cm³/mol. The summed E-state index contributed by atoms with van der Waals surface area (Å²) in [5.41, 5.74) is 3.32. The lowest BCUT2D eigenvalue weighted by molar-refractivity contribution is 0.0596. The van der Waals surface area contributed by atoms with Crippen LogP contribution < -0.4 is 0 Å². The van der Waals surface area contributed by atoms with Gasteiger partial charge in [-0.15, -0.1) is 12.4 Å². The standard InChI is InChI=1S/C24H23BrN2O.ClH/c25-22-14-8-7-13-21(22)24(28)27-17-15-26(16-18-27)23(19-9-3-1-4-10-19)20-11-5-2-6-12-20;/h1-14,23H,15-18H2;1H. The number of nitrogens with zero attached hydrogens (tertiary/aromatic N) is 2. The number of carbonyl (C=O) groups excluding carboxylic acids is 1. The molecule has 1 amide bonds. The highest BCUT2D eigenvalue weighted by atomic mass is 79.9. The van der Waals surface area contributed by atoms with E-state index in [9.17, 15) is 4.79 Å². The monoisotopic (exact) mass is 470 g/mol. The Bertz CT molecular complexity index is 888. The second-order valence-corrected chi connectivity index (χ2v) is 7.89. The molecule has 1 heterocycles. The Kier molecular flexibility index (Phi) is 7.48. The molecule has 0 spiro atoms. The summed E-state index contributed by atoms with van der Waals surface area (Å²) in [6, 6.07) is 29.1. The molecule has 1 fully saturated rings. The van der Waals surface area contributed by atoms with E-state index in [0.717, 1.165) is 36.2 Å². The maximum absolute atomic E-state index is 12.9. The highest BCUT2D eigenvalue weighted by molar-refractivity contribution is 9.10. The summed E-state index contributed by atoms with van der Waals surface area (Å²) in [5.74, 6) is 0.100. The second-order valence-electron chi connectivity index (χ2n) is 7.03. The van der Waals surface area contributed by atoms with E-state index in [1.54, 1.807) is 0 Å². The predicted octanol–water partition coefficient (Wildman–Crippen LogP) is 5.42. The zero-order valence-corrected chi connectivity index (χ0v) is 18.5. The van der Waals surface area contributed by atoms with E-state index in [1.165, 1.54) is 11.1 Å². The van der Waals surface area contributed by atoms with Crippen molar-refractivity contribution >= 4 is 34.2 Å². The van der Waals surface area contributed by atoms with E-state index in [1.807, 2.05) is 29.2 Å². The summed E-state index contributed by atoms with van der Waals surface area (Å²) in [4.78, 5) is 17.4. The molecule has 1 aliphatic rings. The highest BCUT2D eigenvalue weighted by Gasteiger charge is 2.28. The average molecular weight is 472 g/mol. The molecule has 0 radical (unpaired) electrons. The molecule has 3 aromatic rings. The minimum Gasteiger partial charge on any atom is -0.336 e. The largest absolute Gasteiger partial charge is 0.336 e. The fourth-order valence-electron chi connectivity index (χ4n) is 3.87. The molecule has 0 aliphatic carbocycles. The Labute approximate surface area is 186 Å². The molecule has 0 bridgehead atoms. The van der Waals surface area contributed by atoms with Crippen molar-refractivity contribution < 1.29 is 4.79 Å². The summed E-state index contributed by atoms with van der Waals surface area (Å²) in [6.45, 7) is 3.17. The number of rotatable bonds is 4. The molecule has 0 aromatic heterocycles. The lowest BCUT2D eigenvalue weighted by Gasteiger charge is -2.40. The van der Waals surface area contributed by atoms with Crippen molar-refractivity contribution in [2.45, 2.75) is 6.04 Å². The summed E-state index contributed by atoms with van der Waals surface area (Å²) in [6.07, 6.45) is 0. The SMILES string of the molecule is Cl.O=C(c1ccccc1Br)N1CCN(C(c2ccccc2)c2ccccc2)CC1. The van der Waals surface area contributed by atoms with E-state index >= 15 is 0 Å². The molecule has 0 N–H and O–H groups in total. The first-order valence-electron chi connectivity index (χ1n) is 9.62. The van der Waals surface area contributed by atoms with Gasteiger partial charge in [-0.05, 0) is 39.2 Å². The van der Waals surface area contributed by atoms with Crippen LogP contribution in [0.2, 0.25) is 0 Å². The topological polar surface area (TPSA) is 23.6 Å². The third-order valence-corrected chi connectivity index (χ3v) is 5.99.